The van der Waals surface area contributed by atoms with Crippen LogP contribution < -0.4 is 9.88 Å². The van der Waals surface area contributed by atoms with Crippen molar-refractivity contribution in [1.82, 2.24) is 0 Å². The SMILES string of the molecule is CCCC(COc1ccc(F)cc1F)CS(N)(=O)=O. The van der Waals surface area contributed by atoms with Crippen molar-refractivity contribution in [2.24, 2.45) is 11.1 Å². The van der Waals surface area contributed by atoms with Crippen molar-refractivity contribution in [1.29, 1.82) is 0 Å². The predicted octanol–water partition coefficient (Wildman–Crippen LogP) is 2.05. The fourth-order valence-electron chi connectivity index (χ4n) is 1.75. The van der Waals surface area contributed by atoms with E-state index in [4.69, 9.17) is 9.88 Å². The van der Waals surface area contributed by atoms with Crippen molar-refractivity contribution >= 4 is 10.0 Å². The minimum absolute atomic E-state index is 0.0207. The highest BCUT2D eigenvalue weighted by Crippen LogP contribution is 2.19. The molecular formula is C12H17F2NO3S. The summed E-state index contributed by atoms with van der Waals surface area (Å²) in [6, 6.07) is 2.96. The molecule has 2 N–H and O–H groups in total. The van der Waals surface area contributed by atoms with E-state index < -0.39 is 21.7 Å². The van der Waals surface area contributed by atoms with Gasteiger partial charge in [-0.25, -0.2) is 22.3 Å². The molecule has 1 aromatic carbocycles. The Morgan fingerprint density at radius 1 is 1.37 bits per heavy atom. The molecule has 1 atom stereocenters. The number of nitrogens with two attached hydrogens (primary N) is 1. The number of benzene rings is 1. The standard InChI is InChI=1S/C12H17F2NO3S/c1-2-3-9(8-19(15,16)17)7-18-12-5-4-10(13)6-11(12)14/h4-6,9H,2-3,7-8H2,1H3,(H2,15,16,17). The second-order valence-corrected chi connectivity index (χ2v) is 6.03. The van der Waals surface area contributed by atoms with E-state index in [2.05, 4.69) is 0 Å². The topological polar surface area (TPSA) is 69.4 Å². The summed E-state index contributed by atoms with van der Waals surface area (Å²) in [5.41, 5.74) is 0. The quantitative estimate of drug-likeness (QED) is 0.836. The van der Waals surface area contributed by atoms with Gasteiger partial charge >= 0.3 is 0 Å². The maximum Gasteiger partial charge on any atom is 0.209 e. The van der Waals surface area contributed by atoms with Crippen molar-refractivity contribution in [3.05, 3.63) is 29.8 Å². The first kappa shape index (κ1) is 15.8. The van der Waals surface area contributed by atoms with Gasteiger partial charge in [0.15, 0.2) is 11.6 Å². The van der Waals surface area contributed by atoms with Gasteiger partial charge in [-0.1, -0.05) is 13.3 Å². The van der Waals surface area contributed by atoms with Crippen LogP contribution in [0.5, 0.6) is 5.75 Å². The Labute approximate surface area is 111 Å². The number of primary sulfonamides is 1. The predicted molar refractivity (Wildman–Crippen MR) is 68.2 cm³/mol. The smallest absolute Gasteiger partial charge is 0.209 e. The molecule has 1 unspecified atom stereocenters. The summed E-state index contributed by atoms with van der Waals surface area (Å²) in [5.74, 6) is -2.14. The fraction of sp³-hybridized carbons (Fsp3) is 0.500. The van der Waals surface area contributed by atoms with Crippen LogP contribution in [0.15, 0.2) is 18.2 Å². The van der Waals surface area contributed by atoms with Crippen LogP contribution in [-0.4, -0.2) is 20.8 Å². The number of sulfonamides is 1. The van der Waals surface area contributed by atoms with Crippen molar-refractivity contribution in [3.8, 4) is 5.75 Å². The average Bonchev–Trinajstić information content (AvgIpc) is 2.26. The van der Waals surface area contributed by atoms with E-state index in [1.807, 2.05) is 6.92 Å². The molecule has 4 nitrogen and oxygen atoms in total. The molecule has 0 saturated heterocycles. The lowest BCUT2D eigenvalue weighted by molar-refractivity contribution is 0.242. The Kier molecular flexibility index (Phi) is 5.68. The maximum absolute atomic E-state index is 13.3. The van der Waals surface area contributed by atoms with Gasteiger partial charge in [-0.3, -0.25) is 0 Å². The Morgan fingerprint density at radius 3 is 2.58 bits per heavy atom. The molecule has 0 spiro atoms. The molecule has 1 rings (SSSR count). The Balaban J connectivity index is 2.65. The summed E-state index contributed by atoms with van der Waals surface area (Å²) in [6.07, 6.45) is 1.36. The fourth-order valence-corrected chi connectivity index (χ4v) is 2.67. The van der Waals surface area contributed by atoms with E-state index in [-0.39, 0.29) is 24.0 Å². The first-order chi connectivity index (χ1) is 8.81. The van der Waals surface area contributed by atoms with Gasteiger partial charge in [0.25, 0.3) is 0 Å². The summed E-state index contributed by atoms with van der Waals surface area (Å²) in [6.45, 7) is 1.92. The van der Waals surface area contributed by atoms with Crippen molar-refractivity contribution in [2.45, 2.75) is 19.8 Å². The van der Waals surface area contributed by atoms with Crippen LogP contribution in [0.4, 0.5) is 8.78 Å². The molecular weight excluding hydrogens is 276 g/mol. The molecule has 19 heavy (non-hydrogen) atoms. The summed E-state index contributed by atoms with van der Waals surface area (Å²) in [5, 5.41) is 4.98. The van der Waals surface area contributed by atoms with Crippen molar-refractivity contribution in [3.63, 3.8) is 0 Å². The van der Waals surface area contributed by atoms with Gasteiger partial charge in [-0.2, -0.15) is 0 Å². The molecule has 108 valence electrons. The van der Waals surface area contributed by atoms with Crippen LogP contribution in [0.1, 0.15) is 19.8 Å². The zero-order chi connectivity index (χ0) is 14.5. The lowest BCUT2D eigenvalue weighted by atomic mass is 10.1. The van der Waals surface area contributed by atoms with Crippen molar-refractivity contribution < 1.29 is 21.9 Å². The van der Waals surface area contributed by atoms with Gasteiger partial charge < -0.3 is 4.74 Å². The van der Waals surface area contributed by atoms with E-state index >= 15 is 0 Å². The van der Waals surface area contributed by atoms with Crippen LogP contribution in [0, 0.1) is 17.6 Å². The second-order valence-electron chi connectivity index (χ2n) is 4.37. The van der Waals surface area contributed by atoms with Gasteiger partial charge in [0.1, 0.15) is 5.82 Å². The first-order valence-corrected chi connectivity index (χ1v) is 7.61. The maximum atomic E-state index is 13.3. The Hall–Kier alpha value is -1.21. The van der Waals surface area contributed by atoms with E-state index in [1.54, 1.807) is 0 Å². The largest absolute Gasteiger partial charge is 0.490 e. The number of halogens is 2. The molecule has 0 heterocycles. The lowest BCUT2D eigenvalue weighted by Gasteiger charge is -2.16. The molecule has 0 fully saturated rings. The van der Waals surface area contributed by atoms with E-state index in [9.17, 15) is 17.2 Å². The van der Waals surface area contributed by atoms with Crippen molar-refractivity contribution in [2.75, 3.05) is 12.4 Å². The highest BCUT2D eigenvalue weighted by Gasteiger charge is 2.17. The summed E-state index contributed by atoms with van der Waals surface area (Å²) in [4.78, 5) is 0. The Bertz CT molecular complexity index is 520. The molecule has 0 bridgehead atoms. The normalized spacial score (nSPS) is 13.3. The highest BCUT2D eigenvalue weighted by atomic mass is 32.2. The van der Waals surface area contributed by atoms with Gasteiger partial charge in [0, 0.05) is 12.0 Å². The number of ether oxygens (including phenoxy) is 1. The van der Waals surface area contributed by atoms with Crippen LogP contribution in [0.3, 0.4) is 0 Å². The average molecular weight is 293 g/mol. The monoisotopic (exact) mass is 293 g/mol. The van der Waals surface area contributed by atoms with E-state index in [0.29, 0.717) is 12.5 Å². The van der Waals surface area contributed by atoms with Gasteiger partial charge in [0.2, 0.25) is 10.0 Å². The molecule has 0 amide bonds. The number of rotatable bonds is 7. The lowest BCUT2D eigenvalue weighted by Crippen LogP contribution is -2.27. The van der Waals surface area contributed by atoms with Gasteiger partial charge in [-0.05, 0) is 18.6 Å². The van der Waals surface area contributed by atoms with Crippen LogP contribution in [0.2, 0.25) is 0 Å². The van der Waals surface area contributed by atoms with Crippen LogP contribution >= 0.6 is 0 Å². The van der Waals surface area contributed by atoms with Gasteiger partial charge in [-0.15, -0.1) is 0 Å². The number of hydrogen-bond acceptors (Lipinski definition) is 3. The third-order valence-electron chi connectivity index (χ3n) is 2.53. The molecule has 0 radical (unpaired) electrons. The summed E-state index contributed by atoms with van der Waals surface area (Å²) >= 11 is 0. The molecule has 0 aliphatic carbocycles. The minimum Gasteiger partial charge on any atom is -0.490 e. The molecule has 0 aliphatic heterocycles. The zero-order valence-electron chi connectivity index (χ0n) is 10.6. The Morgan fingerprint density at radius 2 is 2.05 bits per heavy atom. The molecule has 0 aliphatic rings. The molecule has 0 aromatic heterocycles. The molecule has 0 saturated carbocycles. The van der Waals surface area contributed by atoms with Crippen LogP contribution in [0.25, 0.3) is 0 Å². The minimum atomic E-state index is -3.60. The molecule has 7 heteroatoms. The third-order valence-corrected chi connectivity index (χ3v) is 3.47. The van der Waals surface area contributed by atoms with E-state index in [0.717, 1.165) is 12.5 Å². The first-order valence-electron chi connectivity index (χ1n) is 5.90. The van der Waals surface area contributed by atoms with Crippen LogP contribution in [-0.2, 0) is 10.0 Å². The van der Waals surface area contributed by atoms with E-state index in [1.165, 1.54) is 6.07 Å². The summed E-state index contributed by atoms with van der Waals surface area (Å²) in [7, 11) is -3.60. The molecule has 1 aromatic rings. The zero-order valence-corrected chi connectivity index (χ0v) is 11.4. The second kappa shape index (κ2) is 6.81. The highest BCUT2D eigenvalue weighted by molar-refractivity contribution is 7.89. The number of hydrogen-bond donors (Lipinski definition) is 1. The summed E-state index contributed by atoms with van der Waals surface area (Å²) < 4.78 is 53.3. The third kappa shape index (κ3) is 5.98. The van der Waals surface area contributed by atoms with Gasteiger partial charge in [0.05, 0.1) is 12.4 Å².